The van der Waals surface area contributed by atoms with Crippen LogP contribution in [0, 0.1) is 35.3 Å². The largest absolute Gasteiger partial charge is 0.458 e. The summed E-state index contributed by atoms with van der Waals surface area (Å²) in [5, 5.41) is 0. The van der Waals surface area contributed by atoms with Gasteiger partial charge < -0.3 is 4.74 Å². The molecule has 8 heteroatoms. The van der Waals surface area contributed by atoms with Crippen LogP contribution in [0.15, 0.2) is 12.1 Å². The van der Waals surface area contributed by atoms with Crippen LogP contribution in [0.3, 0.4) is 0 Å². The Bertz CT molecular complexity index is 684. The van der Waals surface area contributed by atoms with Gasteiger partial charge in [-0.05, 0) is 31.6 Å². The highest BCUT2D eigenvalue weighted by atomic mass is 19.4. The predicted octanol–water partition coefficient (Wildman–Crippen LogP) is 6.46. The average Bonchev–Trinajstić information content (AvgIpc) is 2.53. The molecule has 150 valence electrons. The first-order chi connectivity index (χ1) is 12.5. The van der Waals surface area contributed by atoms with Crippen molar-refractivity contribution in [3.05, 3.63) is 29.3 Å². The molecule has 0 aromatic heterocycles. The summed E-state index contributed by atoms with van der Waals surface area (Å²) >= 11 is 0. The molecule has 1 aliphatic rings. The minimum atomic E-state index is -4.93. The molecule has 1 fully saturated rings. The van der Waals surface area contributed by atoms with Crippen LogP contribution in [-0.4, -0.2) is 12.3 Å². The molecule has 2 rings (SSSR count). The highest BCUT2D eigenvalue weighted by Crippen LogP contribution is 2.41. The third-order valence-corrected chi connectivity index (χ3v) is 4.62. The Labute approximate surface area is 152 Å². The maximum Gasteiger partial charge on any atom is 0.458 e. The van der Waals surface area contributed by atoms with E-state index >= 15 is 0 Å². The fourth-order valence-corrected chi connectivity index (χ4v) is 3.30. The lowest BCUT2D eigenvalue weighted by atomic mass is 9.79. The minimum absolute atomic E-state index is 0.234. The summed E-state index contributed by atoms with van der Waals surface area (Å²) in [7, 11) is 0. The summed E-state index contributed by atoms with van der Waals surface area (Å²) in [5.41, 5.74) is -1.15. The van der Waals surface area contributed by atoms with Gasteiger partial charge in [-0.25, -0.2) is 8.78 Å². The Kier molecular flexibility index (Phi) is 6.66. The van der Waals surface area contributed by atoms with Crippen molar-refractivity contribution in [2.75, 3.05) is 0 Å². The molecule has 1 aromatic rings. The van der Waals surface area contributed by atoms with Crippen molar-refractivity contribution in [3.8, 4) is 17.6 Å². The van der Waals surface area contributed by atoms with Gasteiger partial charge in [0.25, 0.3) is 0 Å². The van der Waals surface area contributed by atoms with Crippen molar-refractivity contribution in [3.63, 3.8) is 0 Å². The normalized spacial score (nSPS) is 20.7. The molecule has 27 heavy (non-hydrogen) atoms. The average molecular weight is 396 g/mol. The molecular weight excluding hydrogens is 377 g/mol. The van der Waals surface area contributed by atoms with Gasteiger partial charge in [0.05, 0.1) is 11.5 Å². The third kappa shape index (κ3) is 6.05. The van der Waals surface area contributed by atoms with Gasteiger partial charge in [0.1, 0.15) is 17.4 Å². The van der Waals surface area contributed by atoms with Gasteiger partial charge in [-0.3, -0.25) is 0 Å². The van der Waals surface area contributed by atoms with Gasteiger partial charge in [0.2, 0.25) is 0 Å². The van der Waals surface area contributed by atoms with E-state index in [1.807, 2.05) is 6.92 Å². The second-order valence-corrected chi connectivity index (χ2v) is 6.68. The van der Waals surface area contributed by atoms with Crippen molar-refractivity contribution < 1.29 is 35.5 Å². The molecule has 0 atom stereocenters. The van der Waals surface area contributed by atoms with Gasteiger partial charge in [-0.1, -0.05) is 25.7 Å². The van der Waals surface area contributed by atoms with E-state index in [4.69, 9.17) is 0 Å². The van der Waals surface area contributed by atoms with Crippen molar-refractivity contribution in [2.45, 2.75) is 57.7 Å². The van der Waals surface area contributed by atoms with Crippen LogP contribution >= 0.6 is 0 Å². The number of hydrogen-bond acceptors (Lipinski definition) is 1. The van der Waals surface area contributed by atoms with Gasteiger partial charge >= 0.3 is 12.3 Å². The van der Waals surface area contributed by atoms with Gasteiger partial charge in [0, 0.05) is 18.1 Å². The van der Waals surface area contributed by atoms with Crippen molar-refractivity contribution in [1.82, 2.24) is 0 Å². The number of benzene rings is 1. The zero-order valence-electron chi connectivity index (χ0n) is 14.6. The Morgan fingerprint density at radius 1 is 1.00 bits per heavy atom. The maximum atomic E-state index is 14.3. The molecule has 0 bridgehead atoms. The number of hydrogen-bond donors (Lipinski definition) is 0. The molecule has 0 unspecified atom stereocenters. The van der Waals surface area contributed by atoms with Crippen LogP contribution in [0.4, 0.5) is 30.7 Å². The SMILES string of the molecule is CCCC1CCC(C(F)(F)Oc2cc(F)c(C#CC(F)(F)F)c(F)c2)CC1. The minimum Gasteiger partial charge on any atom is -0.432 e. The Balaban J connectivity index is 2.11. The molecule has 1 aromatic carbocycles. The zero-order chi connectivity index (χ0) is 20.2. The lowest BCUT2D eigenvalue weighted by Gasteiger charge is -2.33. The molecule has 0 aliphatic heterocycles. The van der Waals surface area contributed by atoms with Gasteiger partial charge in [-0.15, -0.1) is 0 Å². The Hall–Kier alpha value is -1.91. The second-order valence-electron chi connectivity index (χ2n) is 6.68. The summed E-state index contributed by atoms with van der Waals surface area (Å²) in [4.78, 5) is 0. The topological polar surface area (TPSA) is 9.23 Å². The smallest absolute Gasteiger partial charge is 0.432 e. The van der Waals surface area contributed by atoms with Crippen LogP contribution in [-0.2, 0) is 0 Å². The van der Waals surface area contributed by atoms with E-state index in [-0.39, 0.29) is 12.8 Å². The summed E-state index contributed by atoms with van der Waals surface area (Å²) in [6.07, 6.45) is -4.89. The summed E-state index contributed by atoms with van der Waals surface area (Å²) in [6.45, 7) is 2.02. The molecule has 0 saturated heterocycles. The van der Waals surface area contributed by atoms with Crippen molar-refractivity contribution >= 4 is 0 Å². The van der Waals surface area contributed by atoms with Crippen LogP contribution in [0.5, 0.6) is 5.75 Å². The Morgan fingerprint density at radius 2 is 1.56 bits per heavy atom. The molecule has 1 aliphatic carbocycles. The second kappa shape index (κ2) is 8.41. The lowest BCUT2D eigenvalue weighted by Crippen LogP contribution is -2.37. The van der Waals surface area contributed by atoms with E-state index in [1.165, 1.54) is 5.92 Å². The summed E-state index contributed by atoms with van der Waals surface area (Å²) in [5.74, 6) is -2.41. The summed E-state index contributed by atoms with van der Waals surface area (Å²) < 4.78 is 96.9. The quantitative estimate of drug-likeness (QED) is 0.410. The first-order valence-electron chi connectivity index (χ1n) is 8.67. The van der Waals surface area contributed by atoms with E-state index in [0.29, 0.717) is 30.9 Å². The van der Waals surface area contributed by atoms with E-state index in [9.17, 15) is 30.7 Å². The van der Waals surface area contributed by atoms with Crippen LogP contribution in [0.1, 0.15) is 51.0 Å². The number of alkyl halides is 5. The van der Waals surface area contributed by atoms with E-state index in [2.05, 4.69) is 4.74 Å². The molecule has 0 amide bonds. The fraction of sp³-hybridized carbons (Fsp3) is 0.579. The molecule has 0 spiro atoms. The standard InChI is InChI=1S/C19H19F7O/c1-2-3-12-4-6-13(7-5-12)19(25,26)27-14-10-16(20)15(17(21)11-14)8-9-18(22,23)24/h10-13H,2-7H2,1H3. The number of rotatable bonds is 5. The van der Waals surface area contributed by atoms with Crippen LogP contribution < -0.4 is 4.74 Å². The predicted molar refractivity (Wildman–Crippen MR) is 85.2 cm³/mol. The van der Waals surface area contributed by atoms with Crippen LogP contribution in [0.25, 0.3) is 0 Å². The Morgan fingerprint density at radius 3 is 2.04 bits per heavy atom. The molecule has 1 saturated carbocycles. The molecular formula is C19H19F7O. The monoisotopic (exact) mass is 396 g/mol. The van der Waals surface area contributed by atoms with Gasteiger partial charge in [-0.2, -0.15) is 22.0 Å². The molecule has 0 radical (unpaired) electrons. The van der Waals surface area contributed by atoms with Crippen LogP contribution in [0.2, 0.25) is 0 Å². The number of halogens is 7. The highest BCUT2D eigenvalue weighted by Gasteiger charge is 2.44. The molecule has 1 nitrogen and oxygen atoms in total. The first-order valence-corrected chi connectivity index (χ1v) is 8.67. The zero-order valence-corrected chi connectivity index (χ0v) is 14.6. The van der Waals surface area contributed by atoms with Crippen molar-refractivity contribution in [1.29, 1.82) is 0 Å². The maximum absolute atomic E-state index is 14.3. The molecule has 0 heterocycles. The van der Waals surface area contributed by atoms with E-state index in [1.54, 1.807) is 0 Å². The third-order valence-electron chi connectivity index (χ3n) is 4.62. The number of ether oxygens (including phenoxy) is 1. The lowest BCUT2D eigenvalue weighted by molar-refractivity contribution is -0.223. The highest BCUT2D eigenvalue weighted by molar-refractivity contribution is 5.41. The van der Waals surface area contributed by atoms with Gasteiger partial charge in [0.15, 0.2) is 0 Å². The fourth-order valence-electron chi connectivity index (χ4n) is 3.30. The molecule has 0 N–H and O–H groups in total. The summed E-state index contributed by atoms with van der Waals surface area (Å²) in [6, 6.07) is 0.834. The van der Waals surface area contributed by atoms with Crippen molar-refractivity contribution in [2.24, 2.45) is 11.8 Å². The first kappa shape index (κ1) is 21.4. The van der Waals surface area contributed by atoms with E-state index in [0.717, 1.165) is 18.8 Å². The van der Waals surface area contributed by atoms with E-state index < -0.39 is 41.2 Å².